The lowest BCUT2D eigenvalue weighted by atomic mass is 9.96. The molecule has 0 aromatic heterocycles. The van der Waals surface area contributed by atoms with Crippen LogP contribution in [0.5, 0.6) is 11.5 Å². The van der Waals surface area contributed by atoms with E-state index in [1.807, 2.05) is 0 Å². The highest BCUT2D eigenvalue weighted by atomic mass is 19.1. The molecule has 0 radical (unpaired) electrons. The average molecular weight is 398 g/mol. The van der Waals surface area contributed by atoms with E-state index in [1.165, 1.54) is 12.1 Å². The first kappa shape index (κ1) is 21.3. The molecule has 4 nitrogen and oxygen atoms in total. The molecule has 1 aliphatic rings. The van der Waals surface area contributed by atoms with Gasteiger partial charge in [0, 0.05) is 13.0 Å². The number of aliphatic hydroxyl groups is 1. The van der Waals surface area contributed by atoms with Gasteiger partial charge in [-0.25, -0.2) is 4.39 Å². The van der Waals surface area contributed by atoms with E-state index in [2.05, 4.69) is 11.8 Å². The van der Waals surface area contributed by atoms with E-state index in [0.29, 0.717) is 30.1 Å². The first-order valence-corrected chi connectivity index (χ1v) is 10.0. The fourth-order valence-corrected chi connectivity index (χ4v) is 3.01. The van der Waals surface area contributed by atoms with Gasteiger partial charge in [0.05, 0.1) is 6.61 Å². The van der Waals surface area contributed by atoms with Crippen molar-refractivity contribution >= 4 is 0 Å². The van der Waals surface area contributed by atoms with Crippen LogP contribution in [0.25, 0.3) is 0 Å². The van der Waals surface area contributed by atoms with Gasteiger partial charge in [-0.2, -0.15) is 0 Å². The third kappa shape index (κ3) is 6.86. The Kier molecular flexibility index (Phi) is 7.65. The number of rotatable bonds is 7. The van der Waals surface area contributed by atoms with Crippen LogP contribution in [0, 0.1) is 17.7 Å². The fourth-order valence-electron chi connectivity index (χ4n) is 3.01. The van der Waals surface area contributed by atoms with Crippen LogP contribution in [0.15, 0.2) is 48.5 Å². The Morgan fingerprint density at radius 1 is 1.10 bits per heavy atom. The molecule has 2 unspecified atom stereocenters. The van der Waals surface area contributed by atoms with Gasteiger partial charge in [0.2, 0.25) is 0 Å². The molecule has 1 N–H and O–H groups in total. The predicted octanol–water partition coefficient (Wildman–Crippen LogP) is 5.15. The van der Waals surface area contributed by atoms with Gasteiger partial charge in [0.15, 0.2) is 6.29 Å². The lowest BCUT2D eigenvalue weighted by Crippen LogP contribution is -2.22. The van der Waals surface area contributed by atoms with E-state index in [1.54, 1.807) is 43.3 Å². The smallest absolute Gasteiger partial charge is 0.157 e. The molecule has 0 aliphatic carbocycles. The Balaban J connectivity index is 1.46. The number of hydrogen-bond acceptors (Lipinski definition) is 4. The maximum atomic E-state index is 13.0. The van der Waals surface area contributed by atoms with Gasteiger partial charge in [0.25, 0.3) is 0 Å². The van der Waals surface area contributed by atoms with Gasteiger partial charge in [0.1, 0.15) is 22.9 Å². The second-order valence-electron chi connectivity index (χ2n) is 7.22. The molecular weight excluding hydrogens is 371 g/mol. The molecule has 1 aliphatic heterocycles. The van der Waals surface area contributed by atoms with Crippen molar-refractivity contribution in [3.63, 3.8) is 0 Å². The highest BCUT2D eigenvalue weighted by Gasteiger charge is 2.20. The van der Waals surface area contributed by atoms with Crippen LogP contribution in [0.2, 0.25) is 0 Å². The molecule has 2 aromatic rings. The summed E-state index contributed by atoms with van der Waals surface area (Å²) in [5.74, 6) is 6.80. The molecule has 1 heterocycles. The average Bonchev–Trinajstić information content (AvgIpc) is 2.73. The lowest BCUT2D eigenvalue weighted by Gasteiger charge is -2.22. The van der Waals surface area contributed by atoms with Gasteiger partial charge in [-0.15, -0.1) is 0 Å². The molecule has 1 fully saturated rings. The normalized spacial score (nSPS) is 18.4. The molecule has 3 rings (SSSR count). The monoisotopic (exact) mass is 398 g/mol. The van der Waals surface area contributed by atoms with Crippen molar-refractivity contribution in [2.75, 3.05) is 13.2 Å². The molecule has 2 aromatic carbocycles. The molecule has 154 valence electrons. The summed E-state index contributed by atoms with van der Waals surface area (Å²) in [6.07, 6.45) is 4.60. The standard InChI is InChI=1S/C24H27FO4/c1-24(26,16-4-2-5-17-27-23-7-3-6-18-28-23)19-8-12-21(13-9-19)29-22-14-10-20(25)11-15-22/h8-15,23,26H,2-3,5-7,17-18H2,1H3. The predicted molar refractivity (Wildman–Crippen MR) is 109 cm³/mol. The van der Waals surface area contributed by atoms with Gasteiger partial charge >= 0.3 is 0 Å². The molecule has 0 saturated carbocycles. The Labute approximate surface area is 171 Å². The Morgan fingerprint density at radius 2 is 1.79 bits per heavy atom. The van der Waals surface area contributed by atoms with E-state index < -0.39 is 5.60 Å². The largest absolute Gasteiger partial charge is 0.457 e. The summed E-state index contributed by atoms with van der Waals surface area (Å²) < 4.78 is 29.8. The van der Waals surface area contributed by atoms with Gasteiger partial charge in [-0.3, -0.25) is 0 Å². The number of benzene rings is 2. The van der Waals surface area contributed by atoms with Gasteiger partial charge < -0.3 is 19.3 Å². The lowest BCUT2D eigenvalue weighted by molar-refractivity contribution is -0.162. The number of halogens is 1. The van der Waals surface area contributed by atoms with Crippen LogP contribution in [0.1, 0.15) is 44.6 Å². The van der Waals surface area contributed by atoms with Crippen molar-refractivity contribution in [3.05, 3.63) is 59.9 Å². The Bertz CT molecular complexity index is 813. The first-order chi connectivity index (χ1) is 14.0. The van der Waals surface area contributed by atoms with Crippen molar-refractivity contribution in [2.24, 2.45) is 0 Å². The van der Waals surface area contributed by atoms with Crippen LogP contribution in [-0.4, -0.2) is 24.6 Å². The highest BCUT2D eigenvalue weighted by molar-refractivity contribution is 5.37. The van der Waals surface area contributed by atoms with Crippen LogP contribution in [0.3, 0.4) is 0 Å². The summed E-state index contributed by atoms with van der Waals surface area (Å²) in [4.78, 5) is 0. The van der Waals surface area contributed by atoms with Gasteiger partial charge in [-0.1, -0.05) is 24.0 Å². The molecule has 0 bridgehead atoms. The molecular formula is C24H27FO4. The van der Waals surface area contributed by atoms with Crippen LogP contribution in [0.4, 0.5) is 4.39 Å². The SMILES string of the molecule is CC(O)(C#CCCCOC1CCCCO1)c1ccc(Oc2ccc(F)cc2)cc1. The summed E-state index contributed by atoms with van der Waals surface area (Å²) in [5, 5.41) is 10.6. The van der Waals surface area contributed by atoms with Crippen molar-refractivity contribution in [1.29, 1.82) is 0 Å². The summed E-state index contributed by atoms with van der Waals surface area (Å²) in [5.41, 5.74) is -0.565. The minimum Gasteiger partial charge on any atom is -0.457 e. The molecule has 5 heteroatoms. The van der Waals surface area contributed by atoms with Crippen molar-refractivity contribution in [2.45, 2.75) is 50.9 Å². The number of ether oxygens (including phenoxy) is 3. The van der Waals surface area contributed by atoms with E-state index in [9.17, 15) is 9.50 Å². The van der Waals surface area contributed by atoms with E-state index in [0.717, 1.165) is 32.3 Å². The summed E-state index contributed by atoms with van der Waals surface area (Å²) in [6.45, 7) is 3.06. The highest BCUT2D eigenvalue weighted by Crippen LogP contribution is 2.26. The molecule has 1 saturated heterocycles. The third-order valence-electron chi connectivity index (χ3n) is 4.69. The number of unbranched alkanes of at least 4 members (excludes halogenated alkanes) is 1. The topological polar surface area (TPSA) is 47.9 Å². The maximum absolute atomic E-state index is 13.0. The first-order valence-electron chi connectivity index (χ1n) is 10.0. The molecule has 0 spiro atoms. The zero-order valence-corrected chi connectivity index (χ0v) is 16.7. The van der Waals surface area contributed by atoms with Crippen molar-refractivity contribution in [3.8, 4) is 23.3 Å². The van der Waals surface area contributed by atoms with E-state index in [-0.39, 0.29) is 12.1 Å². The van der Waals surface area contributed by atoms with Crippen LogP contribution in [-0.2, 0) is 15.1 Å². The van der Waals surface area contributed by atoms with Crippen molar-refractivity contribution < 1.29 is 23.7 Å². The van der Waals surface area contributed by atoms with Crippen LogP contribution < -0.4 is 4.74 Å². The van der Waals surface area contributed by atoms with E-state index in [4.69, 9.17) is 14.2 Å². The van der Waals surface area contributed by atoms with Crippen molar-refractivity contribution in [1.82, 2.24) is 0 Å². The minimum absolute atomic E-state index is 0.0736. The third-order valence-corrected chi connectivity index (χ3v) is 4.69. The summed E-state index contributed by atoms with van der Waals surface area (Å²) in [7, 11) is 0. The molecule has 2 atom stereocenters. The second-order valence-corrected chi connectivity index (χ2v) is 7.22. The second kappa shape index (κ2) is 10.4. The zero-order valence-electron chi connectivity index (χ0n) is 16.7. The molecule has 29 heavy (non-hydrogen) atoms. The summed E-state index contributed by atoms with van der Waals surface area (Å²) in [6, 6.07) is 12.9. The number of hydrogen-bond donors (Lipinski definition) is 1. The quantitative estimate of drug-likeness (QED) is 0.517. The molecule has 0 amide bonds. The maximum Gasteiger partial charge on any atom is 0.157 e. The van der Waals surface area contributed by atoms with E-state index >= 15 is 0 Å². The minimum atomic E-state index is -1.25. The zero-order chi connectivity index (χ0) is 20.5. The summed E-state index contributed by atoms with van der Waals surface area (Å²) >= 11 is 0. The fraction of sp³-hybridized carbons (Fsp3) is 0.417. The Morgan fingerprint density at radius 3 is 2.45 bits per heavy atom. The van der Waals surface area contributed by atoms with Gasteiger partial charge in [-0.05, 0) is 74.6 Å². The van der Waals surface area contributed by atoms with Crippen LogP contribution >= 0.6 is 0 Å². The Hall–Kier alpha value is -2.39.